The quantitative estimate of drug-likeness (QED) is 0.536. The maximum atomic E-state index is 11.3. The lowest BCUT2D eigenvalue weighted by Gasteiger charge is -2.05. The molecule has 0 fully saturated rings. The number of hydrogen-bond acceptors (Lipinski definition) is 3. The molecule has 84 valence electrons. The smallest absolute Gasteiger partial charge is 0.310 e. The molecule has 0 atom stereocenters. The topological polar surface area (TPSA) is 50.1 Å². The Hall–Kier alpha value is -0.360. The van der Waals surface area contributed by atoms with Crippen molar-refractivity contribution in [3.8, 4) is 6.07 Å². The predicted octanol–water partition coefficient (Wildman–Crippen LogP) is 2.87. The van der Waals surface area contributed by atoms with Gasteiger partial charge in [-0.05, 0) is 69.8 Å². The summed E-state index contributed by atoms with van der Waals surface area (Å²) in [7, 11) is 0. The molecule has 0 saturated carbocycles. The SMILES string of the molecule is CCOC(=O)Cc1cc(I)c(C#N)c(I)c1. The van der Waals surface area contributed by atoms with Gasteiger partial charge in [-0.3, -0.25) is 4.79 Å². The van der Waals surface area contributed by atoms with Gasteiger partial charge in [0.2, 0.25) is 0 Å². The second-order valence-electron chi connectivity index (χ2n) is 3.03. The van der Waals surface area contributed by atoms with Crippen LogP contribution in [0, 0.1) is 18.5 Å². The Balaban J connectivity index is 2.93. The molecule has 1 aromatic rings. The first-order valence-corrected chi connectivity index (χ1v) is 6.77. The number of halogens is 2. The van der Waals surface area contributed by atoms with E-state index in [1.807, 2.05) is 12.1 Å². The van der Waals surface area contributed by atoms with Crippen LogP contribution in [0.25, 0.3) is 0 Å². The van der Waals surface area contributed by atoms with Gasteiger partial charge in [0.1, 0.15) is 6.07 Å². The fourth-order valence-corrected chi connectivity index (χ4v) is 3.35. The summed E-state index contributed by atoms with van der Waals surface area (Å²) in [5.74, 6) is -0.237. The monoisotopic (exact) mass is 441 g/mol. The van der Waals surface area contributed by atoms with Crippen molar-refractivity contribution in [1.82, 2.24) is 0 Å². The molecule has 16 heavy (non-hydrogen) atoms. The Bertz CT molecular complexity index is 429. The minimum atomic E-state index is -0.237. The molecule has 0 aliphatic rings. The molecule has 0 aliphatic heterocycles. The number of esters is 1. The zero-order valence-corrected chi connectivity index (χ0v) is 12.9. The third-order valence-electron chi connectivity index (χ3n) is 1.87. The maximum Gasteiger partial charge on any atom is 0.310 e. The van der Waals surface area contributed by atoms with Gasteiger partial charge in [-0.2, -0.15) is 5.26 Å². The van der Waals surface area contributed by atoms with Crippen LogP contribution >= 0.6 is 45.2 Å². The molecular formula is C11H9I2NO2. The van der Waals surface area contributed by atoms with Crippen molar-refractivity contribution in [2.75, 3.05) is 6.61 Å². The molecular weight excluding hydrogens is 432 g/mol. The summed E-state index contributed by atoms with van der Waals surface area (Å²) in [5.41, 5.74) is 1.54. The Morgan fingerprint density at radius 1 is 1.44 bits per heavy atom. The normalized spacial score (nSPS) is 9.62. The van der Waals surface area contributed by atoms with Crippen molar-refractivity contribution in [3.05, 3.63) is 30.4 Å². The molecule has 0 heterocycles. The Morgan fingerprint density at radius 3 is 2.44 bits per heavy atom. The van der Waals surface area contributed by atoms with E-state index in [-0.39, 0.29) is 12.4 Å². The summed E-state index contributed by atoms with van der Waals surface area (Å²) in [6.07, 6.45) is 0.256. The maximum absolute atomic E-state index is 11.3. The van der Waals surface area contributed by atoms with Gasteiger partial charge in [0.15, 0.2) is 0 Å². The second-order valence-corrected chi connectivity index (χ2v) is 5.35. The molecule has 5 heteroatoms. The summed E-state index contributed by atoms with van der Waals surface area (Å²) in [5, 5.41) is 8.91. The second kappa shape index (κ2) is 6.39. The van der Waals surface area contributed by atoms with Crippen LogP contribution in [-0.2, 0) is 16.0 Å². The molecule has 0 radical (unpaired) electrons. The summed E-state index contributed by atoms with van der Waals surface area (Å²) in [6.45, 7) is 2.17. The van der Waals surface area contributed by atoms with Gasteiger partial charge in [0, 0.05) is 7.14 Å². The van der Waals surface area contributed by atoms with Crippen LogP contribution in [0.3, 0.4) is 0 Å². The molecule has 0 unspecified atom stereocenters. The van der Waals surface area contributed by atoms with E-state index in [2.05, 4.69) is 51.3 Å². The van der Waals surface area contributed by atoms with Crippen molar-refractivity contribution in [3.63, 3.8) is 0 Å². The van der Waals surface area contributed by atoms with Crippen LogP contribution in [0.1, 0.15) is 18.1 Å². The van der Waals surface area contributed by atoms with Gasteiger partial charge < -0.3 is 4.74 Å². The highest BCUT2D eigenvalue weighted by molar-refractivity contribution is 14.1. The van der Waals surface area contributed by atoms with Gasteiger partial charge in [0.05, 0.1) is 18.6 Å². The first-order chi connectivity index (χ1) is 7.58. The molecule has 0 saturated heterocycles. The molecule has 3 nitrogen and oxygen atoms in total. The average Bonchev–Trinajstić information content (AvgIpc) is 2.17. The van der Waals surface area contributed by atoms with Crippen LogP contribution < -0.4 is 0 Å². The van der Waals surface area contributed by atoms with Gasteiger partial charge in [0.25, 0.3) is 0 Å². The minimum Gasteiger partial charge on any atom is -0.466 e. The predicted molar refractivity (Wildman–Crippen MR) is 76.9 cm³/mol. The lowest BCUT2D eigenvalue weighted by atomic mass is 10.1. The van der Waals surface area contributed by atoms with Gasteiger partial charge >= 0.3 is 5.97 Å². The third-order valence-corrected chi connectivity index (χ3v) is 3.57. The van der Waals surface area contributed by atoms with Gasteiger partial charge in [-0.25, -0.2) is 0 Å². The number of rotatable bonds is 3. The average molecular weight is 441 g/mol. The molecule has 0 amide bonds. The van der Waals surface area contributed by atoms with E-state index < -0.39 is 0 Å². The van der Waals surface area contributed by atoms with Gasteiger partial charge in [-0.15, -0.1) is 0 Å². The lowest BCUT2D eigenvalue weighted by molar-refractivity contribution is -0.142. The fourth-order valence-electron chi connectivity index (χ4n) is 1.21. The number of hydrogen-bond donors (Lipinski definition) is 0. The van der Waals surface area contributed by atoms with Crippen molar-refractivity contribution < 1.29 is 9.53 Å². The summed E-state index contributed by atoms with van der Waals surface area (Å²) in [4.78, 5) is 11.3. The van der Waals surface area contributed by atoms with E-state index in [4.69, 9.17) is 10.00 Å². The standard InChI is InChI=1S/C11H9I2NO2/c1-2-16-11(15)5-7-3-9(12)8(6-14)10(13)4-7/h3-4H,2,5H2,1H3. The highest BCUT2D eigenvalue weighted by Crippen LogP contribution is 2.21. The fraction of sp³-hybridized carbons (Fsp3) is 0.273. The molecule has 1 aromatic carbocycles. The number of benzene rings is 1. The Labute approximate surface area is 121 Å². The van der Waals surface area contributed by atoms with Crippen LogP contribution in [0.2, 0.25) is 0 Å². The lowest BCUT2D eigenvalue weighted by Crippen LogP contribution is -2.08. The van der Waals surface area contributed by atoms with E-state index in [1.165, 1.54) is 0 Å². The van der Waals surface area contributed by atoms with Crippen molar-refractivity contribution in [2.24, 2.45) is 0 Å². The number of nitrogens with zero attached hydrogens (tertiary/aromatic N) is 1. The van der Waals surface area contributed by atoms with Crippen molar-refractivity contribution >= 4 is 51.2 Å². The zero-order valence-electron chi connectivity index (χ0n) is 8.59. The van der Waals surface area contributed by atoms with Crippen molar-refractivity contribution in [1.29, 1.82) is 5.26 Å². The van der Waals surface area contributed by atoms with E-state index in [1.54, 1.807) is 6.92 Å². The molecule has 0 aromatic heterocycles. The largest absolute Gasteiger partial charge is 0.466 e. The number of nitriles is 1. The van der Waals surface area contributed by atoms with Gasteiger partial charge in [-0.1, -0.05) is 0 Å². The first kappa shape index (κ1) is 13.7. The summed E-state index contributed by atoms with van der Waals surface area (Å²) >= 11 is 4.20. The van der Waals surface area contributed by atoms with E-state index in [9.17, 15) is 4.79 Å². The number of carbonyl (C=O) groups excluding carboxylic acids is 1. The first-order valence-electron chi connectivity index (χ1n) is 4.62. The number of carbonyl (C=O) groups is 1. The summed E-state index contributed by atoms with van der Waals surface area (Å²) in [6, 6.07) is 5.83. The number of ether oxygens (including phenoxy) is 1. The minimum absolute atomic E-state index is 0.237. The van der Waals surface area contributed by atoms with Crippen molar-refractivity contribution in [2.45, 2.75) is 13.3 Å². The van der Waals surface area contributed by atoms with E-state index in [0.717, 1.165) is 12.7 Å². The highest BCUT2D eigenvalue weighted by Gasteiger charge is 2.10. The van der Waals surface area contributed by atoms with E-state index >= 15 is 0 Å². The highest BCUT2D eigenvalue weighted by atomic mass is 127. The molecule has 0 bridgehead atoms. The Morgan fingerprint density at radius 2 is 2.00 bits per heavy atom. The summed E-state index contributed by atoms with van der Waals surface area (Å²) < 4.78 is 6.61. The molecule has 1 rings (SSSR count). The van der Waals surface area contributed by atoms with Crippen LogP contribution in [0.4, 0.5) is 0 Å². The third kappa shape index (κ3) is 3.59. The Kier molecular flexibility index (Phi) is 5.48. The molecule has 0 N–H and O–H groups in total. The molecule has 0 aliphatic carbocycles. The van der Waals surface area contributed by atoms with E-state index in [0.29, 0.717) is 12.2 Å². The zero-order chi connectivity index (χ0) is 12.1. The van der Waals surface area contributed by atoms with Crippen LogP contribution in [0.15, 0.2) is 12.1 Å². The van der Waals surface area contributed by atoms with Crippen LogP contribution in [-0.4, -0.2) is 12.6 Å². The van der Waals surface area contributed by atoms with Crippen LogP contribution in [0.5, 0.6) is 0 Å². The molecule has 0 spiro atoms.